The van der Waals surface area contributed by atoms with E-state index in [2.05, 4.69) is 28.7 Å². The zero-order valence-corrected chi connectivity index (χ0v) is 18.0. The van der Waals surface area contributed by atoms with E-state index in [9.17, 15) is 0 Å². The maximum Gasteiger partial charge on any atom is 0.129 e. The normalized spacial score (nSPS) is 11.0. The highest BCUT2D eigenvalue weighted by molar-refractivity contribution is 6.31. The van der Waals surface area contributed by atoms with Crippen LogP contribution in [0.4, 0.5) is 0 Å². The number of nitrogens with zero attached hydrogens (tertiary/aromatic N) is 1. The van der Waals surface area contributed by atoms with Gasteiger partial charge in [-0.05, 0) is 29.0 Å². The summed E-state index contributed by atoms with van der Waals surface area (Å²) >= 11 is 6.28. The van der Waals surface area contributed by atoms with Crippen molar-refractivity contribution in [3.63, 3.8) is 0 Å². The lowest BCUT2D eigenvalue weighted by atomic mass is 10.0. The number of rotatable bonds is 8. The van der Waals surface area contributed by atoms with Crippen molar-refractivity contribution in [2.45, 2.75) is 13.2 Å². The van der Waals surface area contributed by atoms with Gasteiger partial charge in [-0.2, -0.15) is 5.10 Å². The zero-order valence-electron chi connectivity index (χ0n) is 17.2. The first-order valence-corrected chi connectivity index (χ1v) is 10.4. The van der Waals surface area contributed by atoms with Gasteiger partial charge in [0.1, 0.15) is 18.1 Å². The van der Waals surface area contributed by atoms with Gasteiger partial charge in [0.15, 0.2) is 0 Å². The fourth-order valence-electron chi connectivity index (χ4n) is 3.40. The summed E-state index contributed by atoms with van der Waals surface area (Å²) in [4.78, 5) is 0. The van der Waals surface area contributed by atoms with E-state index in [4.69, 9.17) is 21.1 Å². The van der Waals surface area contributed by atoms with E-state index in [1.807, 2.05) is 66.7 Å². The Balaban J connectivity index is 1.56. The topological polar surface area (TPSA) is 42.8 Å². The molecule has 0 saturated heterocycles. The van der Waals surface area contributed by atoms with Crippen LogP contribution in [0.25, 0.3) is 10.8 Å². The molecular weight excluding hydrogens is 408 g/mol. The molecule has 0 aromatic heterocycles. The molecule has 4 rings (SSSR count). The van der Waals surface area contributed by atoms with Crippen molar-refractivity contribution in [1.29, 1.82) is 0 Å². The second kappa shape index (κ2) is 10.0. The van der Waals surface area contributed by atoms with Crippen LogP contribution in [0.3, 0.4) is 0 Å². The van der Waals surface area contributed by atoms with Gasteiger partial charge in [0.05, 0.1) is 19.9 Å². The third-order valence-electron chi connectivity index (χ3n) is 5.02. The molecule has 0 aliphatic rings. The number of hydrogen-bond acceptors (Lipinski definition) is 4. The second-order valence-corrected chi connectivity index (χ2v) is 7.39. The third-order valence-corrected chi connectivity index (χ3v) is 5.39. The summed E-state index contributed by atoms with van der Waals surface area (Å²) in [5, 5.41) is 7.35. The molecule has 156 valence electrons. The molecule has 0 radical (unpaired) electrons. The van der Waals surface area contributed by atoms with Gasteiger partial charge in [0.25, 0.3) is 0 Å². The molecule has 5 heteroatoms. The Bertz CT molecular complexity index is 1210. The first-order chi connectivity index (χ1) is 15.3. The van der Waals surface area contributed by atoms with Crippen molar-refractivity contribution < 1.29 is 9.47 Å². The first-order valence-electron chi connectivity index (χ1n) is 10.0. The molecule has 4 nitrogen and oxygen atoms in total. The molecule has 0 fully saturated rings. The molecule has 0 spiro atoms. The number of nitrogens with one attached hydrogen (secondary N) is 1. The first kappa shape index (κ1) is 20.8. The van der Waals surface area contributed by atoms with Crippen LogP contribution in [0, 0.1) is 0 Å². The average Bonchev–Trinajstić information content (AvgIpc) is 2.82. The molecule has 0 heterocycles. The van der Waals surface area contributed by atoms with Gasteiger partial charge in [-0.15, -0.1) is 0 Å². The van der Waals surface area contributed by atoms with Crippen molar-refractivity contribution in [2.24, 2.45) is 5.10 Å². The molecule has 0 atom stereocenters. The smallest absolute Gasteiger partial charge is 0.129 e. The highest BCUT2D eigenvalue weighted by Crippen LogP contribution is 2.28. The maximum atomic E-state index is 6.28. The fraction of sp³-hybridized carbons (Fsp3) is 0.115. The van der Waals surface area contributed by atoms with E-state index in [0.717, 1.165) is 39.0 Å². The van der Waals surface area contributed by atoms with E-state index >= 15 is 0 Å². The van der Waals surface area contributed by atoms with Gasteiger partial charge in [0, 0.05) is 21.7 Å². The van der Waals surface area contributed by atoms with Gasteiger partial charge >= 0.3 is 0 Å². The Morgan fingerprint density at radius 2 is 1.58 bits per heavy atom. The molecule has 1 N–H and O–H groups in total. The highest BCUT2D eigenvalue weighted by atomic mass is 35.5. The van der Waals surface area contributed by atoms with E-state index in [0.29, 0.717) is 18.2 Å². The molecule has 0 aliphatic carbocycles. The Morgan fingerprint density at radius 3 is 2.42 bits per heavy atom. The van der Waals surface area contributed by atoms with E-state index < -0.39 is 0 Å². The summed E-state index contributed by atoms with van der Waals surface area (Å²) in [5.74, 6) is 1.58. The number of hydrogen-bond donors (Lipinski definition) is 1. The van der Waals surface area contributed by atoms with Gasteiger partial charge < -0.3 is 14.9 Å². The molecule has 31 heavy (non-hydrogen) atoms. The molecule has 0 amide bonds. The summed E-state index contributed by atoms with van der Waals surface area (Å²) in [6.45, 7) is 0.939. The summed E-state index contributed by atoms with van der Waals surface area (Å²) in [7, 11) is 1.67. The maximum absolute atomic E-state index is 6.28. The quantitative estimate of drug-likeness (QED) is 0.267. The van der Waals surface area contributed by atoms with Crippen molar-refractivity contribution in [2.75, 3.05) is 7.11 Å². The number of para-hydroxylation sites is 1. The van der Waals surface area contributed by atoms with Gasteiger partial charge in [-0.3, -0.25) is 0 Å². The van der Waals surface area contributed by atoms with Crippen LogP contribution in [0.2, 0.25) is 5.02 Å². The monoisotopic (exact) mass is 430 g/mol. The van der Waals surface area contributed by atoms with Crippen LogP contribution in [0.15, 0.2) is 90.0 Å². The lowest BCUT2D eigenvalue weighted by Gasteiger charge is -2.13. The lowest BCUT2D eigenvalue weighted by Crippen LogP contribution is -2.07. The van der Waals surface area contributed by atoms with Crippen LogP contribution < -0.4 is 14.9 Å². The Kier molecular flexibility index (Phi) is 6.70. The van der Waals surface area contributed by atoms with Gasteiger partial charge in [-0.1, -0.05) is 78.3 Å². The highest BCUT2D eigenvalue weighted by Gasteiger charge is 2.09. The predicted octanol–water partition coefficient (Wildman–Crippen LogP) is 6.20. The Hall–Kier alpha value is -3.50. The molecule has 4 aromatic rings. The number of methoxy groups -OCH3 is 1. The number of ether oxygens (including phenoxy) is 2. The minimum Gasteiger partial charge on any atom is -0.496 e. The average molecular weight is 431 g/mol. The summed E-state index contributed by atoms with van der Waals surface area (Å²) in [6, 6.07) is 27.8. The minimum absolute atomic E-state index is 0.382. The summed E-state index contributed by atoms with van der Waals surface area (Å²) in [5.41, 5.74) is 6.00. The molecule has 0 aliphatic heterocycles. The van der Waals surface area contributed by atoms with Crippen molar-refractivity contribution in [1.82, 2.24) is 5.43 Å². The molecule has 4 aromatic carbocycles. The summed E-state index contributed by atoms with van der Waals surface area (Å²) in [6.07, 6.45) is 1.81. The van der Waals surface area contributed by atoms with Crippen LogP contribution >= 0.6 is 11.6 Å². The minimum atomic E-state index is 0.382. The largest absolute Gasteiger partial charge is 0.496 e. The van der Waals surface area contributed by atoms with Crippen molar-refractivity contribution in [3.05, 3.63) is 107 Å². The number of fused-ring (bicyclic) bond motifs is 1. The number of benzene rings is 4. The van der Waals surface area contributed by atoms with E-state index in [1.54, 1.807) is 13.3 Å². The third kappa shape index (κ3) is 4.98. The second-order valence-electron chi connectivity index (χ2n) is 6.98. The zero-order chi connectivity index (χ0) is 21.5. The molecule has 0 bridgehead atoms. The Morgan fingerprint density at radius 1 is 0.839 bits per heavy atom. The van der Waals surface area contributed by atoms with Crippen LogP contribution in [-0.4, -0.2) is 13.3 Å². The lowest BCUT2D eigenvalue weighted by molar-refractivity contribution is 0.306. The van der Waals surface area contributed by atoms with Gasteiger partial charge in [0.2, 0.25) is 0 Å². The SMILES string of the molecule is COc1ccccc1CN/N=C\c1c(OCc2ccccc2Cl)ccc2ccccc12. The van der Waals surface area contributed by atoms with Crippen molar-refractivity contribution >= 4 is 28.6 Å². The van der Waals surface area contributed by atoms with Crippen molar-refractivity contribution in [3.8, 4) is 11.5 Å². The molecular formula is C26H23ClN2O2. The molecule has 0 saturated carbocycles. The summed E-state index contributed by atoms with van der Waals surface area (Å²) < 4.78 is 11.5. The predicted molar refractivity (Wildman–Crippen MR) is 127 cm³/mol. The Labute approximate surface area is 187 Å². The fourth-order valence-corrected chi connectivity index (χ4v) is 3.59. The standard InChI is InChI=1S/C26H23ClN2O2/c1-30-25-13-7-4-9-20(25)16-28-29-17-23-22-11-5-2-8-19(22)14-15-26(23)31-18-21-10-3-6-12-24(21)27/h2-15,17,28H,16,18H2,1H3/b29-17-. The van der Waals surface area contributed by atoms with Gasteiger partial charge in [-0.25, -0.2) is 0 Å². The van der Waals surface area contributed by atoms with E-state index in [-0.39, 0.29) is 0 Å². The van der Waals surface area contributed by atoms with Crippen LogP contribution in [0.1, 0.15) is 16.7 Å². The van der Waals surface area contributed by atoms with Crippen LogP contribution in [-0.2, 0) is 13.2 Å². The molecule has 0 unspecified atom stereocenters. The number of hydrazone groups is 1. The van der Waals surface area contributed by atoms with E-state index in [1.165, 1.54) is 0 Å². The van der Waals surface area contributed by atoms with Crippen LogP contribution in [0.5, 0.6) is 11.5 Å². The number of halogens is 1.